The van der Waals surface area contributed by atoms with Gasteiger partial charge in [-0.3, -0.25) is 4.79 Å². The Labute approximate surface area is 196 Å². The van der Waals surface area contributed by atoms with Crippen LogP contribution in [0.2, 0.25) is 0 Å². The molecule has 1 atom stereocenters. The highest BCUT2D eigenvalue weighted by Crippen LogP contribution is 2.33. The Kier molecular flexibility index (Phi) is 5.26. The van der Waals surface area contributed by atoms with E-state index >= 15 is 0 Å². The number of fused-ring (bicyclic) bond motifs is 3. The number of carbonyl (C=O) groups excluding carboxylic acids is 1. The molecule has 4 heterocycles. The Bertz CT molecular complexity index is 1360. The fourth-order valence-corrected chi connectivity index (χ4v) is 4.59. The molecule has 34 heavy (non-hydrogen) atoms. The van der Waals surface area contributed by atoms with Gasteiger partial charge in [-0.1, -0.05) is 12.1 Å². The Balaban J connectivity index is 1.52. The summed E-state index contributed by atoms with van der Waals surface area (Å²) in [5, 5.41) is 12.1. The van der Waals surface area contributed by atoms with Gasteiger partial charge in [0, 0.05) is 23.4 Å². The van der Waals surface area contributed by atoms with Gasteiger partial charge in [0.15, 0.2) is 11.5 Å². The van der Waals surface area contributed by atoms with Gasteiger partial charge in [-0.05, 0) is 55.2 Å². The Morgan fingerprint density at radius 2 is 1.97 bits per heavy atom. The molecule has 0 aliphatic carbocycles. The van der Waals surface area contributed by atoms with Crippen LogP contribution in [0.1, 0.15) is 30.7 Å². The van der Waals surface area contributed by atoms with Crippen molar-refractivity contribution in [1.82, 2.24) is 24.9 Å². The highest BCUT2D eigenvalue weighted by molar-refractivity contribution is 5.95. The van der Waals surface area contributed by atoms with Crippen molar-refractivity contribution in [3.63, 3.8) is 0 Å². The van der Waals surface area contributed by atoms with Crippen molar-refractivity contribution in [2.24, 2.45) is 0 Å². The molecule has 0 bridgehead atoms. The van der Waals surface area contributed by atoms with E-state index in [0.29, 0.717) is 43.1 Å². The van der Waals surface area contributed by atoms with E-state index in [1.54, 1.807) is 11.6 Å². The summed E-state index contributed by atoms with van der Waals surface area (Å²) in [6.07, 6.45) is 2.68. The predicted molar refractivity (Wildman–Crippen MR) is 128 cm³/mol. The molecule has 4 aromatic rings. The van der Waals surface area contributed by atoms with Crippen molar-refractivity contribution in [1.29, 1.82) is 0 Å². The molecule has 2 aliphatic heterocycles. The number of para-hydroxylation sites is 1. The van der Waals surface area contributed by atoms with Crippen molar-refractivity contribution in [3.05, 3.63) is 48.0 Å². The van der Waals surface area contributed by atoms with Crippen molar-refractivity contribution >= 4 is 28.4 Å². The molecule has 2 fully saturated rings. The second-order valence-corrected chi connectivity index (χ2v) is 8.80. The summed E-state index contributed by atoms with van der Waals surface area (Å²) in [6.45, 7) is 2.07. The zero-order valence-electron chi connectivity index (χ0n) is 19.0. The lowest BCUT2D eigenvalue weighted by molar-refractivity contribution is -0.121. The third kappa shape index (κ3) is 3.62. The van der Waals surface area contributed by atoms with Gasteiger partial charge < -0.3 is 20.1 Å². The number of anilines is 1. The number of amides is 1. The van der Waals surface area contributed by atoms with E-state index in [1.165, 1.54) is 0 Å². The third-order valence-electron chi connectivity index (χ3n) is 6.60. The molecule has 2 aliphatic rings. The summed E-state index contributed by atoms with van der Waals surface area (Å²) < 4.78 is 12.5. The van der Waals surface area contributed by atoms with Crippen LogP contribution >= 0.6 is 0 Å². The number of carbonyl (C=O) groups is 1. The lowest BCUT2D eigenvalue weighted by Crippen LogP contribution is -2.38. The highest BCUT2D eigenvalue weighted by atomic mass is 16.5. The van der Waals surface area contributed by atoms with Gasteiger partial charge >= 0.3 is 0 Å². The molecule has 9 heteroatoms. The highest BCUT2D eigenvalue weighted by Gasteiger charge is 2.27. The zero-order chi connectivity index (χ0) is 23.1. The number of rotatable bonds is 5. The predicted octanol–water partition coefficient (Wildman–Crippen LogP) is 3.15. The Morgan fingerprint density at radius 3 is 2.74 bits per heavy atom. The van der Waals surface area contributed by atoms with Gasteiger partial charge in [0.05, 0.1) is 25.8 Å². The van der Waals surface area contributed by atoms with Crippen LogP contribution in [0.3, 0.4) is 0 Å². The van der Waals surface area contributed by atoms with E-state index in [-0.39, 0.29) is 11.9 Å². The number of hydrogen-bond acceptors (Lipinski definition) is 7. The third-order valence-corrected chi connectivity index (χ3v) is 6.60. The minimum Gasteiger partial charge on any atom is -0.497 e. The number of hydrogen-bond donors (Lipinski definition) is 2. The molecule has 0 unspecified atom stereocenters. The smallest absolute Gasteiger partial charge is 0.242 e. The van der Waals surface area contributed by atoms with E-state index in [4.69, 9.17) is 24.5 Å². The van der Waals surface area contributed by atoms with Crippen LogP contribution in [0.25, 0.3) is 27.9 Å². The number of nitrogens with zero attached hydrogens (tertiary/aromatic N) is 4. The first-order valence-corrected chi connectivity index (χ1v) is 11.7. The van der Waals surface area contributed by atoms with Crippen LogP contribution in [0, 0.1) is 0 Å². The second kappa shape index (κ2) is 8.57. The molecule has 2 aromatic heterocycles. The van der Waals surface area contributed by atoms with E-state index in [0.717, 1.165) is 47.0 Å². The summed E-state index contributed by atoms with van der Waals surface area (Å²) in [4.78, 5) is 22.6. The molecule has 0 radical (unpaired) electrons. The topological polar surface area (TPSA) is 103 Å². The van der Waals surface area contributed by atoms with Gasteiger partial charge in [0.1, 0.15) is 11.8 Å². The van der Waals surface area contributed by atoms with E-state index < -0.39 is 0 Å². The Hall–Kier alpha value is -3.72. The maximum atomic E-state index is 12.7. The number of ether oxygens (including phenoxy) is 2. The lowest BCUT2D eigenvalue weighted by Gasteiger charge is -2.27. The van der Waals surface area contributed by atoms with Gasteiger partial charge in [0.2, 0.25) is 11.9 Å². The molecular weight excluding hydrogens is 432 g/mol. The summed E-state index contributed by atoms with van der Waals surface area (Å²) in [5.74, 6) is 2.17. The molecule has 2 saturated heterocycles. The summed E-state index contributed by atoms with van der Waals surface area (Å²) in [7, 11) is 1.64. The molecule has 2 N–H and O–H groups in total. The minimum atomic E-state index is -0.372. The van der Waals surface area contributed by atoms with Crippen LogP contribution < -0.4 is 15.4 Å². The van der Waals surface area contributed by atoms with Crippen LogP contribution in [-0.4, -0.2) is 58.4 Å². The van der Waals surface area contributed by atoms with Gasteiger partial charge in [-0.15, -0.1) is 5.10 Å². The minimum absolute atomic E-state index is 0.0104. The van der Waals surface area contributed by atoms with Crippen molar-refractivity contribution < 1.29 is 14.3 Å². The van der Waals surface area contributed by atoms with Crippen LogP contribution in [0.5, 0.6) is 5.75 Å². The first-order chi connectivity index (χ1) is 16.7. The van der Waals surface area contributed by atoms with Crippen LogP contribution in [0.4, 0.5) is 5.95 Å². The van der Waals surface area contributed by atoms with Crippen LogP contribution in [-0.2, 0) is 9.53 Å². The number of methoxy groups -OCH3 is 1. The average Bonchev–Trinajstić information content (AvgIpc) is 3.19. The van der Waals surface area contributed by atoms with E-state index in [2.05, 4.69) is 16.7 Å². The molecular formula is C25H26N6O3. The van der Waals surface area contributed by atoms with Gasteiger partial charge in [-0.25, -0.2) is 9.97 Å². The zero-order valence-corrected chi connectivity index (χ0v) is 19.0. The molecule has 6 rings (SSSR count). The normalized spacial score (nSPS) is 19.0. The fraction of sp³-hybridized carbons (Fsp3) is 0.360. The summed E-state index contributed by atoms with van der Waals surface area (Å²) in [6, 6.07) is 13.4. The van der Waals surface area contributed by atoms with E-state index in [1.807, 2.05) is 36.4 Å². The molecule has 1 amide bonds. The number of aromatic nitrogens is 4. The molecule has 9 nitrogen and oxygen atoms in total. The number of benzene rings is 2. The first-order valence-electron chi connectivity index (χ1n) is 11.7. The average molecular weight is 459 g/mol. The van der Waals surface area contributed by atoms with Gasteiger partial charge in [0.25, 0.3) is 0 Å². The van der Waals surface area contributed by atoms with Crippen molar-refractivity contribution in [2.75, 3.05) is 32.2 Å². The SMILES string of the molecule is COc1ccc(-c2nc3c4cccc(C5COC5)c4nc(N[C@@H]4CCCCNC4=O)n3n2)cc1. The second-order valence-electron chi connectivity index (χ2n) is 8.80. The maximum Gasteiger partial charge on any atom is 0.242 e. The van der Waals surface area contributed by atoms with Crippen molar-refractivity contribution in [2.45, 2.75) is 31.2 Å². The monoisotopic (exact) mass is 458 g/mol. The first kappa shape index (κ1) is 20.9. The molecule has 0 saturated carbocycles. The van der Waals surface area contributed by atoms with E-state index in [9.17, 15) is 4.79 Å². The van der Waals surface area contributed by atoms with Crippen molar-refractivity contribution in [3.8, 4) is 17.1 Å². The maximum absolute atomic E-state index is 12.7. The summed E-state index contributed by atoms with van der Waals surface area (Å²) >= 11 is 0. The Morgan fingerprint density at radius 1 is 1.12 bits per heavy atom. The quantitative estimate of drug-likeness (QED) is 0.474. The lowest BCUT2D eigenvalue weighted by atomic mass is 9.95. The standard InChI is InChI=1S/C25H26N6O3/c1-33-17-10-8-15(9-11-17)22-29-23-19-6-4-5-18(16-13-34-14-16)21(19)28-25(31(23)30-22)27-20-7-2-3-12-26-24(20)32/h4-6,8-11,16,20H,2-3,7,12-14H2,1H3,(H,26,32)(H,27,28)/t20-/m1/s1. The number of nitrogens with one attached hydrogen (secondary N) is 2. The molecule has 174 valence electrons. The molecule has 2 aromatic carbocycles. The van der Waals surface area contributed by atoms with Gasteiger partial charge in [-0.2, -0.15) is 4.52 Å². The van der Waals surface area contributed by atoms with Crippen LogP contribution in [0.15, 0.2) is 42.5 Å². The fourth-order valence-electron chi connectivity index (χ4n) is 4.59. The largest absolute Gasteiger partial charge is 0.497 e. The summed E-state index contributed by atoms with van der Waals surface area (Å²) in [5.41, 5.74) is 3.58. The molecule has 0 spiro atoms.